The van der Waals surface area contributed by atoms with E-state index in [9.17, 15) is 0 Å². The van der Waals surface area contributed by atoms with Crippen molar-refractivity contribution in [3.05, 3.63) is 65.0 Å². The number of unbranched alkanes of at least 4 members (excludes halogenated alkanes) is 1. The predicted octanol–water partition coefficient (Wildman–Crippen LogP) is 6.85. The van der Waals surface area contributed by atoms with Gasteiger partial charge in [0.2, 0.25) is 0 Å². The highest BCUT2D eigenvalue weighted by Crippen LogP contribution is 2.38. The van der Waals surface area contributed by atoms with E-state index < -0.39 is 16.1 Å². The summed E-state index contributed by atoms with van der Waals surface area (Å²) in [5.41, 5.74) is 5.75. The molecule has 0 atom stereocenters. The molecule has 0 aliphatic heterocycles. The Balaban J connectivity index is 2.53. The summed E-state index contributed by atoms with van der Waals surface area (Å²) in [5, 5.41) is 0.761. The van der Waals surface area contributed by atoms with Crippen LogP contribution in [0.2, 0.25) is 39.3 Å². The van der Waals surface area contributed by atoms with Crippen LogP contribution in [0.15, 0.2) is 42.6 Å². The van der Waals surface area contributed by atoms with Gasteiger partial charge in [0.05, 0.1) is 0 Å². The summed E-state index contributed by atoms with van der Waals surface area (Å²) in [6.07, 6.45) is 6.77. The summed E-state index contributed by atoms with van der Waals surface area (Å²) in [5.74, 6) is 0. The molecule has 0 radical (unpaired) electrons. The molecule has 0 unspecified atom stereocenters. The average molecular weight is 384 g/mol. The van der Waals surface area contributed by atoms with E-state index in [0.29, 0.717) is 0 Å². The molecular weight excluding hydrogens is 346 g/mol. The van der Waals surface area contributed by atoms with Crippen molar-refractivity contribution in [2.45, 2.75) is 77.1 Å². The first-order chi connectivity index (χ1) is 12.1. The van der Waals surface area contributed by atoms with E-state index in [-0.39, 0.29) is 0 Å². The van der Waals surface area contributed by atoms with E-state index in [1.807, 2.05) is 0 Å². The van der Waals surface area contributed by atoms with Crippen molar-refractivity contribution in [2.75, 3.05) is 0 Å². The zero-order valence-electron chi connectivity index (χ0n) is 17.9. The summed E-state index contributed by atoms with van der Waals surface area (Å²) >= 11 is 0. The van der Waals surface area contributed by atoms with Gasteiger partial charge in [-0.25, -0.2) is 0 Å². The largest absolute Gasteiger partial charge is 0.261 e. The minimum absolute atomic E-state index is 0.761. The molecule has 0 amide bonds. The van der Waals surface area contributed by atoms with Gasteiger partial charge < -0.3 is 0 Å². The van der Waals surface area contributed by atoms with Crippen LogP contribution in [-0.2, 0) is 12.8 Å². The van der Waals surface area contributed by atoms with Crippen LogP contribution in [0, 0.1) is 0 Å². The lowest BCUT2D eigenvalue weighted by molar-refractivity contribution is 0.773. The van der Waals surface area contributed by atoms with Gasteiger partial charge in [-0.1, -0.05) is 83.0 Å². The molecule has 0 fully saturated rings. The predicted molar refractivity (Wildman–Crippen MR) is 122 cm³/mol. The van der Waals surface area contributed by atoms with Crippen LogP contribution in [0.1, 0.15) is 47.3 Å². The fourth-order valence-electron chi connectivity index (χ4n) is 4.50. The van der Waals surface area contributed by atoms with E-state index in [1.54, 1.807) is 5.56 Å². The maximum atomic E-state index is 4.85. The van der Waals surface area contributed by atoms with Crippen molar-refractivity contribution in [3.8, 4) is 0 Å². The second-order valence-corrected chi connectivity index (χ2v) is 21.0. The lowest BCUT2D eigenvalue weighted by atomic mass is 10.0. The van der Waals surface area contributed by atoms with Crippen LogP contribution >= 0.6 is 0 Å². The Hall–Kier alpha value is -1.20. The smallest absolute Gasteiger partial charge is 0.0493 e. The van der Waals surface area contributed by atoms with E-state index in [0.717, 1.165) is 18.0 Å². The van der Waals surface area contributed by atoms with Gasteiger partial charge in [-0.3, -0.25) is 4.98 Å². The van der Waals surface area contributed by atoms with E-state index >= 15 is 0 Å². The average Bonchev–Trinajstić information content (AvgIpc) is 2.53. The normalized spacial score (nSPS) is 12.6. The zero-order chi connectivity index (χ0) is 19.4. The Kier molecular flexibility index (Phi) is 7.03. The second kappa shape index (κ2) is 8.66. The maximum absolute atomic E-state index is 4.85. The molecule has 1 nitrogen and oxygen atoms in total. The summed E-state index contributed by atoms with van der Waals surface area (Å²) in [7, 11) is -2.66. The summed E-state index contributed by atoms with van der Waals surface area (Å²) in [6, 6.07) is 13.4. The third kappa shape index (κ3) is 5.65. The standard InChI is InChI=1S/C23H37NSi2/c1-8-9-15-21-17-22(23(25(2,3)4)26(5,6)7)20(18-24-21)16-19-13-11-10-12-14-19/h10-14,17-18,23H,8-9,15-16H2,1-7H3. The van der Waals surface area contributed by atoms with Gasteiger partial charge in [0.1, 0.15) is 0 Å². The third-order valence-corrected chi connectivity index (χ3v) is 14.4. The van der Waals surface area contributed by atoms with Crippen LogP contribution in [0.3, 0.4) is 0 Å². The molecule has 142 valence electrons. The van der Waals surface area contributed by atoms with Gasteiger partial charge in [-0.2, -0.15) is 0 Å². The fourth-order valence-corrected chi connectivity index (χ4v) is 17.3. The molecule has 3 heteroatoms. The molecule has 0 aliphatic carbocycles. The van der Waals surface area contributed by atoms with Gasteiger partial charge in [-0.05, 0) is 47.2 Å². The molecule has 2 rings (SSSR count). The first-order valence-electron chi connectivity index (χ1n) is 10.1. The van der Waals surface area contributed by atoms with Gasteiger partial charge in [0, 0.05) is 28.0 Å². The lowest BCUT2D eigenvalue weighted by Crippen LogP contribution is -2.47. The first-order valence-corrected chi connectivity index (χ1v) is 17.3. The molecule has 1 heterocycles. The topological polar surface area (TPSA) is 12.9 Å². The van der Waals surface area contributed by atoms with Gasteiger partial charge in [-0.15, -0.1) is 0 Å². The molecule has 0 saturated heterocycles. The van der Waals surface area contributed by atoms with Crippen molar-refractivity contribution in [2.24, 2.45) is 0 Å². The monoisotopic (exact) mass is 383 g/mol. The highest BCUT2D eigenvalue weighted by Gasteiger charge is 2.39. The lowest BCUT2D eigenvalue weighted by Gasteiger charge is -2.40. The van der Waals surface area contributed by atoms with Crippen molar-refractivity contribution < 1.29 is 0 Å². The molecule has 0 saturated carbocycles. The molecule has 0 bridgehead atoms. The SMILES string of the molecule is CCCCc1cc(C([Si](C)(C)C)[Si](C)(C)C)c(Cc2ccccc2)cn1. The minimum Gasteiger partial charge on any atom is -0.261 e. The van der Waals surface area contributed by atoms with Crippen LogP contribution < -0.4 is 0 Å². The third-order valence-electron chi connectivity index (χ3n) is 5.15. The quantitative estimate of drug-likeness (QED) is 0.454. The molecule has 1 aromatic carbocycles. The summed E-state index contributed by atoms with van der Waals surface area (Å²) < 4.78 is 0. The minimum atomic E-state index is -1.33. The summed E-state index contributed by atoms with van der Waals surface area (Å²) in [4.78, 5) is 4.85. The van der Waals surface area contributed by atoms with E-state index in [4.69, 9.17) is 4.98 Å². The molecule has 1 aromatic heterocycles. The van der Waals surface area contributed by atoms with Crippen molar-refractivity contribution in [3.63, 3.8) is 0 Å². The van der Waals surface area contributed by atoms with Crippen molar-refractivity contribution >= 4 is 16.1 Å². The molecule has 26 heavy (non-hydrogen) atoms. The van der Waals surface area contributed by atoms with Crippen LogP contribution in [0.4, 0.5) is 0 Å². The Bertz CT molecular complexity index is 682. The highest BCUT2D eigenvalue weighted by molar-refractivity contribution is 6.96. The number of nitrogens with zero attached hydrogens (tertiary/aromatic N) is 1. The van der Waals surface area contributed by atoms with E-state index in [1.165, 1.54) is 29.7 Å². The highest BCUT2D eigenvalue weighted by atomic mass is 28.4. The molecule has 2 aromatic rings. The number of benzene rings is 1. The molecule has 0 N–H and O–H groups in total. The summed E-state index contributed by atoms with van der Waals surface area (Å²) in [6.45, 7) is 17.6. The number of pyridine rings is 1. The first kappa shape index (κ1) is 21.1. The Labute approximate surface area is 163 Å². The van der Waals surface area contributed by atoms with Gasteiger partial charge in [0.15, 0.2) is 0 Å². The Morgan fingerprint density at radius 1 is 0.923 bits per heavy atom. The maximum Gasteiger partial charge on any atom is 0.0493 e. The van der Waals surface area contributed by atoms with Crippen LogP contribution in [-0.4, -0.2) is 21.1 Å². The van der Waals surface area contributed by atoms with Crippen LogP contribution in [0.5, 0.6) is 0 Å². The van der Waals surface area contributed by atoms with E-state index in [2.05, 4.69) is 88.8 Å². The Morgan fingerprint density at radius 2 is 1.54 bits per heavy atom. The molecule has 0 spiro atoms. The van der Waals surface area contributed by atoms with Crippen LogP contribution in [0.25, 0.3) is 0 Å². The number of hydrogen-bond acceptors (Lipinski definition) is 1. The number of aryl methyl sites for hydroxylation is 1. The van der Waals surface area contributed by atoms with Gasteiger partial charge >= 0.3 is 0 Å². The number of rotatable bonds is 8. The number of aromatic nitrogens is 1. The van der Waals surface area contributed by atoms with Crippen molar-refractivity contribution in [1.29, 1.82) is 0 Å². The Morgan fingerprint density at radius 3 is 2.08 bits per heavy atom. The second-order valence-electron chi connectivity index (χ2n) is 9.81. The number of hydrogen-bond donors (Lipinski definition) is 0. The van der Waals surface area contributed by atoms with Crippen molar-refractivity contribution in [1.82, 2.24) is 4.98 Å². The molecular formula is C23H37NSi2. The molecule has 0 aliphatic rings. The fraction of sp³-hybridized carbons (Fsp3) is 0.522. The zero-order valence-corrected chi connectivity index (χ0v) is 19.9. The van der Waals surface area contributed by atoms with Gasteiger partial charge in [0.25, 0.3) is 0 Å².